The summed E-state index contributed by atoms with van der Waals surface area (Å²) in [6.45, 7) is 2.57. The van der Waals surface area contributed by atoms with Crippen LogP contribution in [0.1, 0.15) is 45.4 Å². The molecular weight excluding hydrogens is 151 g/mol. The molecule has 0 aromatic rings. The molecule has 2 aliphatic rings. The van der Waals surface area contributed by atoms with Crippen molar-refractivity contribution in [3.63, 3.8) is 0 Å². The van der Waals surface area contributed by atoms with Gasteiger partial charge in [0.15, 0.2) is 0 Å². The Morgan fingerprint density at radius 2 is 1.55 bits per heavy atom. The van der Waals surface area contributed by atoms with Gasteiger partial charge in [-0.1, -0.05) is 26.2 Å². The summed E-state index contributed by atoms with van der Waals surface area (Å²) in [4.78, 5) is 0. The Morgan fingerprint density at radius 3 is 2.00 bits per heavy atom. The summed E-state index contributed by atoms with van der Waals surface area (Å²) in [5.74, 6) is 0. The summed E-state index contributed by atoms with van der Waals surface area (Å²) in [7, 11) is 0.502. The predicted octanol–water partition coefficient (Wildman–Crippen LogP) is 3.59. The van der Waals surface area contributed by atoms with Gasteiger partial charge in [-0.2, -0.15) is 0 Å². The molecule has 2 fully saturated rings. The molecule has 1 saturated heterocycles. The van der Waals surface area contributed by atoms with Crippen molar-refractivity contribution in [3.8, 4) is 0 Å². The lowest BCUT2D eigenvalue weighted by Crippen LogP contribution is -2.31. The van der Waals surface area contributed by atoms with E-state index in [4.69, 9.17) is 0 Å². The fraction of sp³-hybridized carbons (Fsp3) is 1.00. The van der Waals surface area contributed by atoms with E-state index in [9.17, 15) is 0 Å². The third kappa shape index (κ3) is 1.47. The first-order chi connectivity index (χ1) is 5.31. The van der Waals surface area contributed by atoms with Crippen molar-refractivity contribution in [3.05, 3.63) is 0 Å². The van der Waals surface area contributed by atoms with E-state index in [0.29, 0.717) is 7.92 Å². The summed E-state index contributed by atoms with van der Waals surface area (Å²) in [6, 6.07) is 0. The van der Waals surface area contributed by atoms with E-state index in [0.717, 1.165) is 5.16 Å². The minimum Gasteiger partial charge on any atom is -0.101 e. The van der Waals surface area contributed by atoms with Gasteiger partial charge in [0.05, 0.1) is 0 Å². The molecular formula is C10H19P. The van der Waals surface area contributed by atoms with Gasteiger partial charge in [-0.15, -0.1) is 7.92 Å². The first-order valence-electron chi connectivity index (χ1n) is 5.06. The molecule has 0 aromatic heterocycles. The average molecular weight is 170 g/mol. The van der Waals surface area contributed by atoms with Crippen LogP contribution >= 0.6 is 7.92 Å². The fourth-order valence-corrected chi connectivity index (χ4v) is 5.15. The Morgan fingerprint density at radius 1 is 0.909 bits per heavy atom. The first-order valence-corrected chi connectivity index (χ1v) is 6.78. The zero-order chi connectivity index (χ0) is 7.73. The molecule has 0 amide bonds. The molecule has 1 heterocycles. The summed E-state index contributed by atoms with van der Waals surface area (Å²) < 4.78 is 0. The second-order valence-electron chi connectivity index (χ2n) is 4.40. The van der Waals surface area contributed by atoms with E-state index in [1.807, 2.05) is 0 Å². The molecule has 1 aliphatic carbocycles. The maximum Gasteiger partial charge on any atom is -0.0123 e. The van der Waals surface area contributed by atoms with Crippen molar-refractivity contribution in [1.29, 1.82) is 0 Å². The van der Waals surface area contributed by atoms with Crippen LogP contribution in [0.3, 0.4) is 0 Å². The predicted molar refractivity (Wildman–Crippen MR) is 52.8 cm³/mol. The fourth-order valence-electron chi connectivity index (χ4n) is 2.49. The monoisotopic (exact) mass is 170 g/mol. The van der Waals surface area contributed by atoms with Crippen LogP contribution in [-0.2, 0) is 0 Å². The van der Waals surface area contributed by atoms with Crippen LogP contribution in [0.5, 0.6) is 0 Å². The number of hydrogen-bond donors (Lipinski definition) is 0. The molecule has 0 nitrogen and oxygen atoms in total. The van der Waals surface area contributed by atoms with Crippen molar-refractivity contribution in [2.45, 2.75) is 50.6 Å². The van der Waals surface area contributed by atoms with Gasteiger partial charge in [0.2, 0.25) is 0 Å². The minimum atomic E-state index is 0.502. The molecule has 0 radical (unpaired) electrons. The normalized spacial score (nSPS) is 31.4. The minimum absolute atomic E-state index is 0.502. The van der Waals surface area contributed by atoms with Gasteiger partial charge < -0.3 is 0 Å². The van der Waals surface area contributed by atoms with Crippen LogP contribution in [-0.4, -0.2) is 17.5 Å². The van der Waals surface area contributed by atoms with Gasteiger partial charge >= 0.3 is 0 Å². The summed E-state index contributed by atoms with van der Waals surface area (Å²) in [5, 5.41) is 0.839. The molecule has 0 N–H and O–H groups in total. The third-order valence-corrected chi connectivity index (χ3v) is 7.24. The Hall–Kier alpha value is 0.430. The highest BCUT2D eigenvalue weighted by molar-refractivity contribution is 7.60. The van der Waals surface area contributed by atoms with E-state index < -0.39 is 0 Å². The van der Waals surface area contributed by atoms with Crippen molar-refractivity contribution < 1.29 is 0 Å². The van der Waals surface area contributed by atoms with Crippen molar-refractivity contribution in [2.75, 3.05) is 12.3 Å². The SMILES string of the molecule is CC1(P2CCC2)CCCCC1. The van der Waals surface area contributed by atoms with Crippen molar-refractivity contribution in [2.24, 2.45) is 0 Å². The Kier molecular flexibility index (Phi) is 2.23. The zero-order valence-corrected chi connectivity index (χ0v) is 8.50. The third-order valence-electron chi connectivity index (χ3n) is 3.55. The summed E-state index contributed by atoms with van der Waals surface area (Å²) in [5.41, 5.74) is 0. The van der Waals surface area contributed by atoms with Crippen molar-refractivity contribution >= 4 is 7.92 Å². The van der Waals surface area contributed by atoms with Gasteiger partial charge in [-0.3, -0.25) is 0 Å². The highest BCUT2D eigenvalue weighted by Crippen LogP contribution is 2.62. The Labute approximate surface area is 71.5 Å². The van der Waals surface area contributed by atoms with E-state index in [-0.39, 0.29) is 0 Å². The first kappa shape index (κ1) is 8.05. The second-order valence-corrected chi connectivity index (χ2v) is 7.45. The van der Waals surface area contributed by atoms with Gasteiger partial charge in [0.25, 0.3) is 0 Å². The van der Waals surface area contributed by atoms with Gasteiger partial charge in [0.1, 0.15) is 0 Å². The molecule has 0 bridgehead atoms. The van der Waals surface area contributed by atoms with Gasteiger partial charge in [0, 0.05) is 0 Å². The molecule has 11 heavy (non-hydrogen) atoms. The molecule has 0 aromatic carbocycles. The number of hydrogen-bond acceptors (Lipinski definition) is 0. The average Bonchev–Trinajstić information content (AvgIpc) is 1.83. The summed E-state index contributed by atoms with van der Waals surface area (Å²) >= 11 is 0. The molecule has 64 valence electrons. The van der Waals surface area contributed by atoms with E-state index in [1.165, 1.54) is 19.3 Å². The largest absolute Gasteiger partial charge is 0.101 e. The van der Waals surface area contributed by atoms with Crippen LogP contribution < -0.4 is 0 Å². The lowest BCUT2D eigenvalue weighted by molar-refractivity contribution is 0.411. The van der Waals surface area contributed by atoms with E-state index >= 15 is 0 Å². The summed E-state index contributed by atoms with van der Waals surface area (Å²) in [6.07, 6.45) is 12.4. The lowest BCUT2D eigenvalue weighted by Gasteiger charge is -2.46. The maximum absolute atomic E-state index is 2.57. The highest BCUT2D eigenvalue weighted by atomic mass is 31.1. The van der Waals surface area contributed by atoms with Crippen LogP contribution in [0, 0.1) is 0 Å². The lowest BCUT2D eigenvalue weighted by atomic mass is 9.90. The molecule has 0 spiro atoms. The van der Waals surface area contributed by atoms with Crippen LogP contribution in [0.15, 0.2) is 0 Å². The topological polar surface area (TPSA) is 0 Å². The molecule has 1 saturated carbocycles. The Bertz CT molecular complexity index is 132. The molecule has 1 aliphatic heterocycles. The van der Waals surface area contributed by atoms with Crippen molar-refractivity contribution in [1.82, 2.24) is 0 Å². The van der Waals surface area contributed by atoms with E-state index in [2.05, 4.69) is 6.92 Å². The van der Waals surface area contributed by atoms with Crippen LogP contribution in [0.4, 0.5) is 0 Å². The quantitative estimate of drug-likeness (QED) is 0.527. The maximum atomic E-state index is 2.57. The molecule has 1 heteroatoms. The van der Waals surface area contributed by atoms with Crippen LogP contribution in [0.25, 0.3) is 0 Å². The smallest absolute Gasteiger partial charge is 0.0123 e. The molecule has 0 atom stereocenters. The standard InChI is InChI=1S/C10H19P/c1-10(11-8-5-9-11)6-3-2-4-7-10/h2-9H2,1H3. The molecule has 2 rings (SSSR count). The van der Waals surface area contributed by atoms with Gasteiger partial charge in [-0.05, 0) is 36.7 Å². The zero-order valence-electron chi connectivity index (χ0n) is 7.60. The Balaban J connectivity index is 1.94. The second kappa shape index (κ2) is 3.05. The van der Waals surface area contributed by atoms with Gasteiger partial charge in [-0.25, -0.2) is 0 Å². The van der Waals surface area contributed by atoms with E-state index in [1.54, 1.807) is 31.6 Å². The molecule has 0 unspecified atom stereocenters. The number of rotatable bonds is 1. The van der Waals surface area contributed by atoms with Crippen LogP contribution in [0.2, 0.25) is 0 Å². The highest BCUT2D eigenvalue weighted by Gasteiger charge is 2.37.